The first-order chi connectivity index (χ1) is 16.6. The van der Waals surface area contributed by atoms with Crippen LogP contribution in [0.15, 0.2) is 60.7 Å². The smallest absolute Gasteiger partial charge is 0.126 e. The lowest BCUT2D eigenvalue weighted by Crippen LogP contribution is -1.91. The minimum atomic E-state index is 0.454. The van der Waals surface area contributed by atoms with Gasteiger partial charge < -0.3 is 18.9 Å². The summed E-state index contributed by atoms with van der Waals surface area (Å²) in [7, 11) is 6.32. The van der Waals surface area contributed by atoms with Gasteiger partial charge in [-0.3, -0.25) is 0 Å². The second-order valence-electron chi connectivity index (χ2n) is 7.13. The zero-order valence-corrected chi connectivity index (χ0v) is 19.5. The third-order valence-electron chi connectivity index (χ3n) is 5.22. The molecule has 0 unspecified atom stereocenters. The van der Waals surface area contributed by atoms with Crippen LogP contribution in [0.25, 0.3) is 23.3 Å². The summed E-state index contributed by atoms with van der Waals surface area (Å²) in [5.74, 6) is 2.59. The number of benzene rings is 3. The fourth-order valence-electron chi connectivity index (χ4n) is 3.41. The highest BCUT2D eigenvalue weighted by Crippen LogP contribution is 2.30. The Balaban J connectivity index is 1.98. The van der Waals surface area contributed by atoms with Crippen molar-refractivity contribution in [1.29, 1.82) is 10.5 Å². The van der Waals surface area contributed by atoms with Gasteiger partial charge in [0, 0.05) is 11.1 Å². The van der Waals surface area contributed by atoms with Crippen LogP contribution in [0.1, 0.15) is 22.3 Å². The zero-order chi connectivity index (χ0) is 24.5. The van der Waals surface area contributed by atoms with Gasteiger partial charge in [-0.2, -0.15) is 10.5 Å². The molecule has 0 N–H and O–H groups in total. The summed E-state index contributed by atoms with van der Waals surface area (Å²) in [4.78, 5) is 0. The van der Waals surface area contributed by atoms with E-state index in [0.29, 0.717) is 45.3 Å². The highest BCUT2D eigenvalue weighted by Gasteiger charge is 2.10. The lowest BCUT2D eigenvalue weighted by Gasteiger charge is -2.09. The Morgan fingerprint density at radius 1 is 0.588 bits per heavy atom. The molecule has 0 aliphatic heterocycles. The van der Waals surface area contributed by atoms with Gasteiger partial charge in [0.1, 0.15) is 23.0 Å². The van der Waals surface area contributed by atoms with Crippen molar-refractivity contribution in [1.82, 2.24) is 0 Å². The molecule has 0 saturated heterocycles. The number of rotatable bonds is 8. The van der Waals surface area contributed by atoms with Gasteiger partial charge in [0.2, 0.25) is 0 Å². The molecule has 170 valence electrons. The van der Waals surface area contributed by atoms with E-state index in [1.807, 2.05) is 36.4 Å². The lowest BCUT2D eigenvalue weighted by atomic mass is 9.98. The fraction of sp³-hybridized carbons (Fsp3) is 0.143. The number of hydrogen-bond acceptors (Lipinski definition) is 6. The number of hydrogen-bond donors (Lipinski definition) is 0. The topological polar surface area (TPSA) is 84.5 Å². The van der Waals surface area contributed by atoms with Gasteiger partial charge in [0.15, 0.2) is 0 Å². The van der Waals surface area contributed by atoms with Crippen LogP contribution >= 0.6 is 0 Å². The van der Waals surface area contributed by atoms with E-state index in [9.17, 15) is 10.5 Å². The molecule has 0 atom stereocenters. The molecule has 34 heavy (non-hydrogen) atoms. The maximum atomic E-state index is 9.78. The van der Waals surface area contributed by atoms with Crippen molar-refractivity contribution in [2.75, 3.05) is 28.4 Å². The van der Waals surface area contributed by atoms with E-state index in [1.165, 1.54) is 0 Å². The monoisotopic (exact) mass is 452 g/mol. The SMILES string of the molecule is COc1ccc(OC)c(/C=C(\C#N)c2ccc(/C(C#N)=C\c3cc(OC)ccc3OC)cc2)c1. The summed E-state index contributed by atoms with van der Waals surface area (Å²) in [6.07, 6.45) is 3.50. The Labute approximate surface area is 199 Å². The van der Waals surface area contributed by atoms with E-state index in [-0.39, 0.29) is 0 Å². The van der Waals surface area contributed by atoms with Gasteiger partial charge in [-0.05, 0) is 59.7 Å². The molecule has 0 radical (unpaired) electrons. The largest absolute Gasteiger partial charge is 0.497 e. The molecule has 0 aliphatic carbocycles. The summed E-state index contributed by atoms with van der Waals surface area (Å²) in [6.45, 7) is 0. The van der Waals surface area contributed by atoms with Gasteiger partial charge in [-0.15, -0.1) is 0 Å². The quantitative estimate of drug-likeness (QED) is 0.315. The van der Waals surface area contributed by atoms with E-state index in [2.05, 4.69) is 12.1 Å². The molecule has 0 bridgehead atoms. The normalized spacial score (nSPS) is 11.2. The Morgan fingerprint density at radius 2 is 0.971 bits per heavy atom. The van der Waals surface area contributed by atoms with E-state index in [1.54, 1.807) is 64.9 Å². The van der Waals surface area contributed by atoms with Crippen molar-refractivity contribution < 1.29 is 18.9 Å². The predicted octanol–water partition coefficient (Wildman–Crippen LogP) is 5.85. The molecule has 0 amide bonds. The van der Waals surface area contributed by atoms with Gasteiger partial charge in [0.05, 0.1) is 51.7 Å². The van der Waals surface area contributed by atoms with Crippen LogP contribution in [0.4, 0.5) is 0 Å². The predicted molar refractivity (Wildman–Crippen MR) is 133 cm³/mol. The van der Waals surface area contributed by atoms with Crippen LogP contribution in [-0.2, 0) is 0 Å². The summed E-state index contributed by atoms with van der Waals surface area (Å²) in [5.41, 5.74) is 3.79. The highest BCUT2D eigenvalue weighted by atomic mass is 16.5. The second-order valence-corrected chi connectivity index (χ2v) is 7.13. The van der Waals surface area contributed by atoms with Crippen LogP contribution < -0.4 is 18.9 Å². The average molecular weight is 453 g/mol. The third kappa shape index (κ3) is 5.38. The van der Waals surface area contributed by atoms with Crippen LogP contribution in [0, 0.1) is 22.7 Å². The van der Waals surface area contributed by atoms with Crippen molar-refractivity contribution in [3.05, 3.63) is 82.9 Å². The Hall–Kier alpha value is -4.68. The number of nitrogens with zero attached hydrogens (tertiary/aromatic N) is 2. The average Bonchev–Trinajstić information content (AvgIpc) is 2.90. The Bertz CT molecular complexity index is 1210. The summed E-state index contributed by atoms with van der Waals surface area (Å²) >= 11 is 0. The molecule has 0 aromatic heterocycles. The van der Waals surface area contributed by atoms with Crippen LogP contribution in [0.2, 0.25) is 0 Å². The van der Waals surface area contributed by atoms with E-state index >= 15 is 0 Å². The summed E-state index contributed by atoms with van der Waals surface area (Å²) in [5, 5.41) is 19.6. The van der Waals surface area contributed by atoms with E-state index in [0.717, 1.165) is 11.1 Å². The Morgan fingerprint density at radius 3 is 1.26 bits per heavy atom. The first-order valence-corrected chi connectivity index (χ1v) is 10.3. The molecule has 6 heteroatoms. The molecule has 0 spiro atoms. The molecular formula is C28H24N2O4. The molecule has 6 nitrogen and oxygen atoms in total. The van der Waals surface area contributed by atoms with Crippen molar-refractivity contribution >= 4 is 23.3 Å². The minimum Gasteiger partial charge on any atom is -0.497 e. The van der Waals surface area contributed by atoms with Crippen LogP contribution in [-0.4, -0.2) is 28.4 Å². The number of ether oxygens (including phenoxy) is 4. The summed E-state index contributed by atoms with van der Waals surface area (Å²) < 4.78 is 21.4. The number of methoxy groups -OCH3 is 4. The first-order valence-electron chi connectivity index (χ1n) is 10.3. The molecule has 0 heterocycles. The number of allylic oxidation sites excluding steroid dienone is 2. The van der Waals surface area contributed by atoms with Crippen molar-refractivity contribution in [2.45, 2.75) is 0 Å². The van der Waals surface area contributed by atoms with E-state index in [4.69, 9.17) is 18.9 Å². The molecule has 0 fully saturated rings. The molecule has 3 aromatic rings. The molecule has 0 saturated carbocycles. The van der Waals surface area contributed by atoms with Crippen molar-refractivity contribution in [2.24, 2.45) is 0 Å². The molecular weight excluding hydrogens is 428 g/mol. The van der Waals surface area contributed by atoms with Crippen LogP contribution in [0.5, 0.6) is 23.0 Å². The Kier molecular flexibility index (Phi) is 7.94. The van der Waals surface area contributed by atoms with Gasteiger partial charge >= 0.3 is 0 Å². The first kappa shape index (κ1) is 24.0. The maximum absolute atomic E-state index is 9.78. The molecule has 0 aliphatic rings. The number of nitriles is 2. The van der Waals surface area contributed by atoms with E-state index < -0.39 is 0 Å². The fourth-order valence-corrected chi connectivity index (χ4v) is 3.41. The second kappa shape index (κ2) is 11.3. The van der Waals surface area contributed by atoms with Gasteiger partial charge in [0.25, 0.3) is 0 Å². The summed E-state index contributed by atoms with van der Waals surface area (Å²) in [6, 6.07) is 22.5. The molecule has 3 rings (SSSR count). The van der Waals surface area contributed by atoms with Crippen molar-refractivity contribution in [3.63, 3.8) is 0 Å². The molecule has 3 aromatic carbocycles. The highest BCUT2D eigenvalue weighted by molar-refractivity contribution is 5.93. The third-order valence-corrected chi connectivity index (χ3v) is 5.22. The van der Waals surface area contributed by atoms with Crippen LogP contribution in [0.3, 0.4) is 0 Å². The van der Waals surface area contributed by atoms with Gasteiger partial charge in [-0.1, -0.05) is 24.3 Å². The zero-order valence-electron chi connectivity index (χ0n) is 19.5. The van der Waals surface area contributed by atoms with Crippen molar-refractivity contribution in [3.8, 4) is 35.1 Å². The standard InChI is InChI=1S/C28H24N2O4/c1-31-25-9-11-27(33-3)21(15-25)13-23(17-29)19-5-7-20(8-6-19)24(18-30)14-22-16-26(32-2)10-12-28(22)34-4/h5-16H,1-4H3/b23-13-,24-14+. The van der Waals surface area contributed by atoms with Gasteiger partial charge in [-0.25, -0.2) is 0 Å². The lowest BCUT2D eigenvalue weighted by molar-refractivity contribution is 0.402. The minimum absolute atomic E-state index is 0.454. The maximum Gasteiger partial charge on any atom is 0.126 e.